The Kier molecular flexibility index (Phi) is 6.33. The number of hydrogen-bond donors (Lipinski definition) is 0. The normalized spacial score (nSPS) is 23.9. The maximum atomic E-state index is 12.8. The van der Waals surface area contributed by atoms with Gasteiger partial charge in [-0.3, -0.25) is 4.79 Å². The van der Waals surface area contributed by atoms with Gasteiger partial charge >= 0.3 is 0 Å². The van der Waals surface area contributed by atoms with Gasteiger partial charge < -0.3 is 14.5 Å². The Balaban J connectivity index is 1.20. The summed E-state index contributed by atoms with van der Waals surface area (Å²) in [5.41, 5.74) is 1.22. The van der Waals surface area contributed by atoms with Gasteiger partial charge in [0.15, 0.2) is 0 Å². The quantitative estimate of drug-likeness (QED) is 0.757. The fourth-order valence-corrected chi connectivity index (χ4v) is 5.05. The first-order valence-electron chi connectivity index (χ1n) is 11.0. The van der Waals surface area contributed by atoms with Crippen molar-refractivity contribution in [2.24, 2.45) is 5.92 Å². The Hall–Kier alpha value is -1.55. The van der Waals surface area contributed by atoms with Crippen molar-refractivity contribution in [1.82, 2.24) is 9.80 Å². The predicted molar refractivity (Wildman–Crippen MR) is 108 cm³/mol. The number of rotatable bonds is 6. The molecule has 27 heavy (non-hydrogen) atoms. The molecule has 0 spiro atoms. The van der Waals surface area contributed by atoms with Crippen LogP contribution < -0.4 is 4.74 Å². The Morgan fingerprint density at radius 2 is 1.81 bits per heavy atom. The maximum Gasteiger partial charge on any atom is 0.223 e. The summed E-state index contributed by atoms with van der Waals surface area (Å²) in [6, 6.07) is 8.22. The number of ether oxygens (including phenoxy) is 1. The zero-order chi connectivity index (χ0) is 18.5. The van der Waals surface area contributed by atoms with Gasteiger partial charge in [0.25, 0.3) is 0 Å². The molecule has 0 bridgehead atoms. The molecule has 148 valence electrons. The molecule has 1 aromatic carbocycles. The number of nitrogens with zero attached hydrogens (tertiary/aromatic N) is 2. The minimum atomic E-state index is 0.320. The lowest BCUT2D eigenvalue weighted by Gasteiger charge is -2.34. The third-order valence-corrected chi connectivity index (χ3v) is 6.76. The first-order chi connectivity index (χ1) is 13.3. The first-order valence-corrected chi connectivity index (χ1v) is 11.0. The van der Waals surface area contributed by atoms with E-state index in [1.165, 1.54) is 63.7 Å². The molecule has 3 aliphatic heterocycles. The molecular formula is C23H34N2O2. The van der Waals surface area contributed by atoms with E-state index in [1.54, 1.807) is 0 Å². The fraction of sp³-hybridized carbons (Fsp3) is 0.696. The van der Waals surface area contributed by atoms with Crippen LogP contribution in [0.2, 0.25) is 0 Å². The lowest BCUT2D eigenvalue weighted by Crippen LogP contribution is -2.39. The molecule has 3 aliphatic rings. The standard InChI is InChI=1S/C23H34N2O2/c26-23(18-20-11-17-27-22-8-2-1-7-21(20)22)25-15-9-19(10-16-25)6-5-14-24-12-3-4-13-24/h1-2,7-8,19-20H,3-6,9-18H2. The monoisotopic (exact) mass is 370 g/mol. The molecule has 1 aromatic rings. The van der Waals surface area contributed by atoms with Crippen molar-refractivity contribution in [2.45, 2.75) is 57.3 Å². The molecular weight excluding hydrogens is 336 g/mol. The minimum absolute atomic E-state index is 0.320. The van der Waals surface area contributed by atoms with Gasteiger partial charge in [0.2, 0.25) is 5.91 Å². The van der Waals surface area contributed by atoms with Gasteiger partial charge in [-0.25, -0.2) is 0 Å². The van der Waals surface area contributed by atoms with Crippen LogP contribution in [0.1, 0.15) is 62.8 Å². The third kappa shape index (κ3) is 4.84. The molecule has 2 saturated heterocycles. The van der Waals surface area contributed by atoms with Crippen molar-refractivity contribution in [3.05, 3.63) is 29.8 Å². The van der Waals surface area contributed by atoms with Crippen LogP contribution in [0, 0.1) is 5.92 Å². The number of amides is 1. The van der Waals surface area contributed by atoms with E-state index in [4.69, 9.17) is 4.74 Å². The van der Waals surface area contributed by atoms with E-state index in [0.717, 1.165) is 37.8 Å². The predicted octanol–water partition coefficient (Wildman–Crippen LogP) is 4.06. The van der Waals surface area contributed by atoms with Crippen LogP contribution in [0.15, 0.2) is 24.3 Å². The van der Waals surface area contributed by atoms with Crippen molar-refractivity contribution in [3.8, 4) is 5.75 Å². The Morgan fingerprint density at radius 1 is 1.04 bits per heavy atom. The lowest BCUT2D eigenvalue weighted by atomic mass is 9.88. The largest absolute Gasteiger partial charge is 0.493 e. The summed E-state index contributed by atoms with van der Waals surface area (Å²) in [4.78, 5) is 17.6. The van der Waals surface area contributed by atoms with Crippen LogP contribution in [0.4, 0.5) is 0 Å². The second kappa shape index (κ2) is 9.09. The van der Waals surface area contributed by atoms with Gasteiger partial charge in [-0.15, -0.1) is 0 Å². The van der Waals surface area contributed by atoms with Gasteiger partial charge in [0.1, 0.15) is 5.75 Å². The second-order valence-electron chi connectivity index (χ2n) is 8.59. The molecule has 0 N–H and O–H groups in total. The molecule has 1 unspecified atom stereocenters. The summed E-state index contributed by atoms with van der Waals surface area (Å²) >= 11 is 0. The van der Waals surface area contributed by atoms with Crippen LogP contribution in [-0.4, -0.2) is 55.0 Å². The average Bonchev–Trinajstić information content (AvgIpc) is 3.22. The minimum Gasteiger partial charge on any atom is -0.493 e. The molecule has 1 amide bonds. The number of benzene rings is 1. The second-order valence-corrected chi connectivity index (χ2v) is 8.59. The number of likely N-dealkylation sites (tertiary alicyclic amines) is 2. The number of piperidine rings is 1. The van der Waals surface area contributed by atoms with E-state index in [2.05, 4.69) is 21.9 Å². The highest BCUT2D eigenvalue weighted by Crippen LogP contribution is 2.36. The number of hydrogen-bond acceptors (Lipinski definition) is 3. The van der Waals surface area contributed by atoms with Crippen molar-refractivity contribution in [2.75, 3.05) is 39.3 Å². The van der Waals surface area contributed by atoms with E-state index >= 15 is 0 Å². The van der Waals surface area contributed by atoms with Gasteiger partial charge in [-0.1, -0.05) is 18.2 Å². The fourth-order valence-electron chi connectivity index (χ4n) is 5.05. The number of fused-ring (bicyclic) bond motifs is 1. The van der Waals surface area contributed by atoms with Crippen molar-refractivity contribution in [1.29, 1.82) is 0 Å². The van der Waals surface area contributed by atoms with Crippen molar-refractivity contribution < 1.29 is 9.53 Å². The molecule has 1 atom stereocenters. The van der Waals surface area contributed by atoms with E-state index < -0.39 is 0 Å². The summed E-state index contributed by atoms with van der Waals surface area (Å²) in [5, 5.41) is 0. The molecule has 0 saturated carbocycles. The molecule has 0 aromatic heterocycles. The molecule has 0 radical (unpaired) electrons. The summed E-state index contributed by atoms with van der Waals surface area (Å²) < 4.78 is 5.74. The van der Waals surface area contributed by atoms with Crippen LogP contribution in [-0.2, 0) is 4.79 Å². The zero-order valence-corrected chi connectivity index (χ0v) is 16.6. The zero-order valence-electron chi connectivity index (χ0n) is 16.6. The molecule has 0 aliphatic carbocycles. The van der Waals surface area contributed by atoms with Crippen molar-refractivity contribution in [3.63, 3.8) is 0 Å². The third-order valence-electron chi connectivity index (χ3n) is 6.76. The topological polar surface area (TPSA) is 32.8 Å². The number of para-hydroxylation sites is 1. The van der Waals surface area contributed by atoms with E-state index in [0.29, 0.717) is 18.2 Å². The van der Waals surface area contributed by atoms with Gasteiger partial charge in [-0.05, 0) is 88.0 Å². The molecule has 3 heterocycles. The maximum absolute atomic E-state index is 12.8. The van der Waals surface area contributed by atoms with Crippen molar-refractivity contribution >= 4 is 5.91 Å². The van der Waals surface area contributed by atoms with Crippen LogP contribution in [0.3, 0.4) is 0 Å². The molecule has 4 heteroatoms. The van der Waals surface area contributed by atoms with Crippen LogP contribution in [0.25, 0.3) is 0 Å². The highest BCUT2D eigenvalue weighted by molar-refractivity contribution is 5.77. The highest BCUT2D eigenvalue weighted by atomic mass is 16.5. The van der Waals surface area contributed by atoms with Crippen LogP contribution >= 0.6 is 0 Å². The smallest absolute Gasteiger partial charge is 0.223 e. The number of carbonyl (C=O) groups excluding carboxylic acids is 1. The molecule has 2 fully saturated rings. The van der Waals surface area contributed by atoms with Gasteiger partial charge in [0, 0.05) is 19.5 Å². The summed E-state index contributed by atoms with van der Waals surface area (Å²) in [7, 11) is 0. The number of carbonyl (C=O) groups is 1. The van der Waals surface area contributed by atoms with Gasteiger partial charge in [0.05, 0.1) is 6.61 Å². The van der Waals surface area contributed by atoms with Crippen LogP contribution in [0.5, 0.6) is 5.75 Å². The van der Waals surface area contributed by atoms with E-state index in [-0.39, 0.29) is 0 Å². The highest BCUT2D eigenvalue weighted by Gasteiger charge is 2.28. The molecule has 4 rings (SSSR count). The lowest BCUT2D eigenvalue weighted by molar-refractivity contribution is -0.133. The average molecular weight is 371 g/mol. The SMILES string of the molecule is O=C(CC1CCOc2ccccc21)N1CCC(CCCN2CCCC2)CC1. The Labute approximate surface area is 163 Å². The van der Waals surface area contributed by atoms with E-state index in [9.17, 15) is 4.79 Å². The Bertz CT molecular complexity index is 619. The summed E-state index contributed by atoms with van der Waals surface area (Å²) in [6.07, 6.45) is 9.42. The molecule has 4 nitrogen and oxygen atoms in total. The van der Waals surface area contributed by atoms with E-state index in [1.807, 2.05) is 12.1 Å². The van der Waals surface area contributed by atoms with Gasteiger partial charge in [-0.2, -0.15) is 0 Å². The summed E-state index contributed by atoms with van der Waals surface area (Å²) in [5.74, 6) is 2.45. The first kappa shape index (κ1) is 18.8. The Morgan fingerprint density at radius 3 is 2.63 bits per heavy atom. The summed E-state index contributed by atoms with van der Waals surface area (Å²) in [6.45, 7) is 6.54.